The van der Waals surface area contributed by atoms with Crippen molar-refractivity contribution in [2.24, 2.45) is 11.8 Å². The van der Waals surface area contributed by atoms with Gasteiger partial charge >= 0.3 is 0 Å². The lowest BCUT2D eigenvalue weighted by molar-refractivity contribution is -0.139. The Labute approximate surface area is 211 Å². The third-order valence-electron chi connectivity index (χ3n) is 7.41. The van der Waals surface area contributed by atoms with Crippen LogP contribution in [0.3, 0.4) is 0 Å². The predicted octanol–water partition coefficient (Wildman–Crippen LogP) is 2.76. The molecule has 0 aliphatic carbocycles. The molecule has 3 aliphatic rings. The van der Waals surface area contributed by atoms with Crippen LogP contribution in [0.15, 0.2) is 42.5 Å². The lowest BCUT2D eigenvalue weighted by atomic mass is 9.70. The highest BCUT2D eigenvalue weighted by Gasteiger charge is 2.75. The number of rotatable bonds is 7. The number of halogens is 1. The molecule has 3 fully saturated rings. The van der Waals surface area contributed by atoms with E-state index in [9.17, 15) is 19.5 Å². The Kier molecular flexibility index (Phi) is 6.37. The number of aliphatic hydroxyl groups excluding tert-OH is 1. The molecule has 1 spiro atoms. The summed E-state index contributed by atoms with van der Waals surface area (Å²) in [7, 11) is 1.59. The maximum absolute atomic E-state index is 13.8. The second-order valence-corrected chi connectivity index (χ2v) is 12.0. The third-order valence-corrected chi connectivity index (χ3v) is 10.6. The van der Waals surface area contributed by atoms with Crippen LogP contribution < -0.4 is 10.6 Å². The number of anilines is 1. The molecular formula is C25H28BrN3O4S. The molecule has 6 atom stereocenters. The van der Waals surface area contributed by atoms with Crippen molar-refractivity contribution >= 4 is 61.9 Å². The van der Waals surface area contributed by atoms with Gasteiger partial charge in [0.05, 0.1) is 16.6 Å². The topological polar surface area (TPSA) is 98.7 Å². The number of carbonyl (C=O) groups is 3. The molecule has 7 nitrogen and oxygen atoms in total. The molecule has 3 aliphatic heterocycles. The SMILES string of the molecule is CNC(=O)[C@H]1[C@@H]2SC3(CC2Br)C(C(=O)Nc2ccc4ccccc4c2)N(CCCCO)C(=O)[C@H]13. The number of amides is 3. The van der Waals surface area contributed by atoms with Crippen LogP contribution in [0.2, 0.25) is 0 Å². The number of benzene rings is 2. The van der Waals surface area contributed by atoms with Crippen molar-refractivity contribution in [3.63, 3.8) is 0 Å². The molecule has 0 aromatic heterocycles. The summed E-state index contributed by atoms with van der Waals surface area (Å²) < 4.78 is -0.659. The van der Waals surface area contributed by atoms with E-state index in [2.05, 4.69) is 26.6 Å². The number of alkyl halides is 1. The lowest BCUT2D eigenvalue weighted by Gasteiger charge is -2.35. The number of nitrogens with one attached hydrogen (secondary N) is 2. The molecule has 3 amide bonds. The van der Waals surface area contributed by atoms with Crippen LogP contribution in [0, 0.1) is 11.8 Å². The fourth-order valence-electron chi connectivity index (χ4n) is 6.01. The zero-order valence-electron chi connectivity index (χ0n) is 18.9. The van der Waals surface area contributed by atoms with Crippen molar-refractivity contribution < 1.29 is 19.5 Å². The molecule has 3 unspecified atom stereocenters. The highest BCUT2D eigenvalue weighted by atomic mass is 79.9. The number of likely N-dealkylation sites (tertiary alicyclic amines) is 1. The van der Waals surface area contributed by atoms with Crippen molar-refractivity contribution in [2.45, 2.75) is 40.1 Å². The highest BCUT2D eigenvalue weighted by Crippen LogP contribution is 2.67. The fraction of sp³-hybridized carbons (Fsp3) is 0.480. The lowest BCUT2D eigenvalue weighted by Crippen LogP contribution is -2.53. The summed E-state index contributed by atoms with van der Waals surface area (Å²) in [4.78, 5) is 42.1. The Morgan fingerprint density at radius 3 is 2.68 bits per heavy atom. The van der Waals surface area contributed by atoms with Gasteiger partial charge in [-0.25, -0.2) is 0 Å². The van der Waals surface area contributed by atoms with Gasteiger partial charge in [0.1, 0.15) is 6.04 Å². The van der Waals surface area contributed by atoms with E-state index in [1.54, 1.807) is 23.7 Å². The molecule has 34 heavy (non-hydrogen) atoms. The molecule has 5 rings (SSSR count). The van der Waals surface area contributed by atoms with E-state index in [0.29, 0.717) is 31.5 Å². The Bertz CT molecular complexity index is 1150. The maximum Gasteiger partial charge on any atom is 0.248 e. The van der Waals surface area contributed by atoms with E-state index in [1.807, 2.05) is 42.5 Å². The zero-order chi connectivity index (χ0) is 24.0. The van der Waals surface area contributed by atoms with Crippen molar-refractivity contribution in [2.75, 3.05) is 25.5 Å². The first-order valence-electron chi connectivity index (χ1n) is 11.7. The van der Waals surface area contributed by atoms with Crippen molar-refractivity contribution in [3.8, 4) is 0 Å². The van der Waals surface area contributed by atoms with E-state index in [0.717, 1.165) is 10.8 Å². The molecule has 2 aromatic carbocycles. The second-order valence-electron chi connectivity index (χ2n) is 9.29. The number of aliphatic hydroxyl groups is 1. The number of carbonyl (C=O) groups excluding carboxylic acids is 3. The molecule has 9 heteroatoms. The van der Waals surface area contributed by atoms with Gasteiger partial charge in [-0.2, -0.15) is 0 Å². The number of unbranched alkanes of at least 4 members (excludes halogenated alkanes) is 1. The standard InChI is InChI=1S/C25H28BrN3O4S/c1-27-22(31)18-19-24(33)29(10-4-5-11-30)21(25(19)13-17(26)20(18)34-25)23(32)28-16-9-8-14-6-2-3-7-15(14)12-16/h2-3,6-9,12,17-21,30H,4-5,10-11,13H2,1H3,(H,27,31)(H,28,32)/t17?,18-,19+,20-,21?,25?/m1/s1. The van der Waals surface area contributed by atoms with Crippen LogP contribution in [-0.2, 0) is 14.4 Å². The van der Waals surface area contributed by atoms with Gasteiger partial charge in [-0.05, 0) is 42.2 Å². The quantitative estimate of drug-likeness (QED) is 0.367. The monoisotopic (exact) mass is 545 g/mol. The van der Waals surface area contributed by atoms with Gasteiger partial charge in [0, 0.05) is 36.0 Å². The van der Waals surface area contributed by atoms with Gasteiger partial charge in [-0.15, -0.1) is 11.8 Å². The molecule has 3 N–H and O–H groups in total. The maximum atomic E-state index is 13.8. The molecular weight excluding hydrogens is 518 g/mol. The number of hydrogen-bond acceptors (Lipinski definition) is 5. The van der Waals surface area contributed by atoms with Gasteiger partial charge in [-0.3, -0.25) is 14.4 Å². The van der Waals surface area contributed by atoms with Crippen molar-refractivity contribution in [1.29, 1.82) is 0 Å². The molecule has 0 saturated carbocycles. The predicted molar refractivity (Wildman–Crippen MR) is 137 cm³/mol. The summed E-state index contributed by atoms with van der Waals surface area (Å²) in [5.41, 5.74) is 0.682. The van der Waals surface area contributed by atoms with E-state index < -0.39 is 22.6 Å². The molecule has 2 bridgehead atoms. The molecule has 180 valence electrons. The minimum absolute atomic E-state index is 0.0335. The second kappa shape index (κ2) is 9.17. The van der Waals surface area contributed by atoms with Crippen LogP contribution in [-0.4, -0.2) is 68.8 Å². The van der Waals surface area contributed by atoms with Crippen molar-refractivity contribution in [1.82, 2.24) is 10.2 Å². The van der Waals surface area contributed by atoms with Gasteiger partial charge < -0.3 is 20.6 Å². The molecule has 2 aromatic rings. The minimum atomic E-state index is -0.681. The summed E-state index contributed by atoms with van der Waals surface area (Å²) in [6, 6.07) is 13.1. The zero-order valence-corrected chi connectivity index (χ0v) is 21.3. The largest absolute Gasteiger partial charge is 0.396 e. The Hall–Kier alpha value is -2.10. The van der Waals surface area contributed by atoms with Gasteiger partial charge in [0.25, 0.3) is 0 Å². The first-order chi connectivity index (χ1) is 16.4. The van der Waals surface area contributed by atoms with E-state index in [4.69, 9.17) is 0 Å². The number of hydrogen-bond donors (Lipinski definition) is 3. The van der Waals surface area contributed by atoms with Crippen LogP contribution in [0.5, 0.6) is 0 Å². The number of fused-ring (bicyclic) bond motifs is 2. The van der Waals surface area contributed by atoms with E-state index in [-0.39, 0.29) is 34.4 Å². The van der Waals surface area contributed by atoms with Gasteiger partial charge in [0.2, 0.25) is 17.7 Å². The Morgan fingerprint density at radius 1 is 1.18 bits per heavy atom. The Morgan fingerprint density at radius 2 is 1.94 bits per heavy atom. The molecule has 3 saturated heterocycles. The van der Waals surface area contributed by atoms with Gasteiger partial charge in [0.15, 0.2) is 0 Å². The highest BCUT2D eigenvalue weighted by molar-refractivity contribution is 9.09. The number of nitrogens with zero attached hydrogens (tertiary/aromatic N) is 1. The van der Waals surface area contributed by atoms with Crippen LogP contribution in [0.25, 0.3) is 10.8 Å². The first-order valence-corrected chi connectivity index (χ1v) is 13.5. The van der Waals surface area contributed by atoms with Crippen LogP contribution in [0.4, 0.5) is 5.69 Å². The van der Waals surface area contributed by atoms with Crippen molar-refractivity contribution in [3.05, 3.63) is 42.5 Å². The Balaban J connectivity index is 1.50. The normalized spacial score (nSPS) is 31.7. The average molecular weight is 546 g/mol. The van der Waals surface area contributed by atoms with Crippen LogP contribution in [0.1, 0.15) is 19.3 Å². The van der Waals surface area contributed by atoms with Crippen LogP contribution >= 0.6 is 27.7 Å². The van der Waals surface area contributed by atoms with Gasteiger partial charge in [-0.1, -0.05) is 46.3 Å². The average Bonchev–Trinajstić information content (AvgIpc) is 3.42. The first kappa shape index (κ1) is 23.6. The molecule has 0 radical (unpaired) electrons. The summed E-state index contributed by atoms with van der Waals surface area (Å²) in [5, 5.41) is 17.1. The molecule has 3 heterocycles. The smallest absolute Gasteiger partial charge is 0.248 e. The van der Waals surface area contributed by atoms with E-state index >= 15 is 0 Å². The summed E-state index contributed by atoms with van der Waals surface area (Å²) >= 11 is 5.37. The van der Waals surface area contributed by atoms with E-state index in [1.165, 1.54) is 0 Å². The minimum Gasteiger partial charge on any atom is -0.396 e. The third kappa shape index (κ3) is 3.63. The fourth-order valence-corrected chi connectivity index (χ4v) is 9.62. The summed E-state index contributed by atoms with van der Waals surface area (Å²) in [6.07, 6.45) is 1.80. The number of thioether (sulfide) groups is 1. The summed E-state index contributed by atoms with van der Waals surface area (Å²) in [6.45, 7) is 0.414. The summed E-state index contributed by atoms with van der Waals surface area (Å²) in [5.74, 6) is -1.50.